The number of aromatic nitrogens is 1. The lowest BCUT2D eigenvalue weighted by molar-refractivity contribution is -0.131. The van der Waals surface area contributed by atoms with Crippen molar-refractivity contribution in [3.63, 3.8) is 0 Å². The second kappa shape index (κ2) is 8.59. The Labute approximate surface area is 168 Å². The molecular weight excluding hydrogens is 376 g/mol. The summed E-state index contributed by atoms with van der Waals surface area (Å²) in [5.41, 5.74) is 3.88. The average Bonchev–Trinajstić information content (AvgIpc) is 2.64. The van der Waals surface area contributed by atoms with Crippen molar-refractivity contribution in [2.45, 2.75) is 26.8 Å². The monoisotopic (exact) mass is 398 g/mol. The summed E-state index contributed by atoms with van der Waals surface area (Å²) in [6, 6.07) is 13.0. The first kappa shape index (κ1) is 20.1. The number of carbonyl (C=O) groups is 1. The van der Waals surface area contributed by atoms with Gasteiger partial charge in [-0.1, -0.05) is 41.4 Å². The molecule has 0 aliphatic carbocycles. The molecule has 0 spiro atoms. The van der Waals surface area contributed by atoms with E-state index in [-0.39, 0.29) is 37.6 Å². The molecule has 1 amide bonds. The van der Waals surface area contributed by atoms with Crippen molar-refractivity contribution in [1.82, 2.24) is 9.88 Å². The van der Waals surface area contributed by atoms with Crippen LogP contribution in [0.4, 0.5) is 0 Å². The van der Waals surface area contributed by atoms with E-state index in [1.54, 1.807) is 18.2 Å². The van der Waals surface area contributed by atoms with E-state index >= 15 is 0 Å². The van der Waals surface area contributed by atoms with Crippen LogP contribution in [0, 0.1) is 13.8 Å². The van der Waals surface area contributed by atoms with Gasteiger partial charge in [-0.05, 0) is 48.6 Å². The molecule has 146 valence electrons. The molecule has 0 saturated heterocycles. The highest BCUT2D eigenvalue weighted by molar-refractivity contribution is 6.31. The van der Waals surface area contributed by atoms with Gasteiger partial charge in [-0.25, -0.2) is 0 Å². The SMILES string of the molecule is Cc1cc(C)c2[nH]c(=O)c(CN(CCO)C(=O)Cc3ccccc3Cl)cc2c1. The highest BCUT2D eigenvalue weighted by Crippen LogP contribution is 2.20. The van der Waals surface area contributed by atoms with Gasteiger partial charge in [0.05, 0.1) is 25.1 Å². The number of hydrogen-bond acceptors (Lipinski definition) is 3. The van der Waals surface area contributed by atoms with Crippen molar-refractivity contribution in [3.8, 4) is 0 Å². The van der Waals surface area contributed by atoms with Crippen LogP contribution in [0.2, 0.25) is 5.02 Å². The van der Waals surface area contributed by atoms with Crippen LogP contribution < -0.4 is 5.56 Å². The Morgan fingerprint density at radius 2 is 1.89 bits per heavy atom. The van der Waals surface area contributed by atoms with Gasteiger partial charge in [0.25, 0.3) is 5.56 Å². The number of H-pyrrole nitrogens is 1. The Morgan fingerprint density at radius 3 is 2.61 bits per heavy atom. The zero-order valence-electron chi connectivity index (χ0n) is 16.0. The molecule has 0 aliphatic heterocycles. The van der Waals surface area contributed by atoms with Crippen molar-refractivity contribution in [2.24, 2.45) is 0 Å². The summed E-state index contributed by atoms with van der Waals surface area (Å²) in [7, 11) is 0. The first-order valence-electron chi connectivity index (χ1n) is 9.14. The Morgan fingerprint density at radius 1 is 1.14 bits per heavy atom. The molecule has 28 heavy (non-hydrogen) atoms. The molecule has 0 atom stereocenters. The lowest BCUT2D eigenvalue weighted by Crippen LogP contribution is -2.36. The highest BCUT2D eigenvalue weighted by Gasteiger charge is 2.17. The number of aliphatic hydroxyl groups is 1. The fourth-order valence-corrected chi connectivity index (χ4v) is 3.59. The van der Waals surface area contributed by atoms with E-state index < -0.39 is 0 Å². The largest absolute Gasteiger partial charge is 0.395 e. The molecule has 0 aliphatic rings. The number of benzene rings is 2. The third kappa shape index (κ3) is 4.43. The normalized spacial score (nSPS) is 11.0. The van der Waals surface area contributed by atoms with Gasteiger partial charge in [-0.3, -0.25) is 9.59 Å². The standard InChI is InChI=1S/C22H23ClN2O3/c1-14-9-15(2)21-17(10-14)11-18(22(28)24-21)13-25(7-8-26)20(27)12-16-5-3-4-6-19(16)23/h3-6,9-11,26H,7-8,12-13H2,1-2H3,(H,24,28). The van der Waals surface area contributed by atoms with E-state index in [1.807, 2.05) is 38.1 Å². The molecule has 0 fully saturated rings. The minimum Gasteiger partial charge on any atom is -0.395 e. The lowest BCUT2D eigenvalue weighted by Gasteiger charge is -2.22. The summed E-state index contributed by atoms with van der Waals surface area (Å²) >= 11 is 6.16. The summed E-state index contributed by atoms with van der Waals surface area (Å²) < 4.78 is 0. The van der Waals surface area contributed by atoms with Gasteiger partial charge in [-0.2, -0.15) is 0 Å². The zero-order valence-corrected chi connectivity index (χ0v) is 16.7. The molecule has 0 saturated carbocycles. The summed E-state index contributed by atoms with van der Waals surface area (Å²) in [6.07, 6.45) is 0.114. The molecule has 0 bridgehead atoms. The molecule has 6 heteroatoms. The summed E-state index contributed by atoms with van der Waals surface area (Å²) in [6.45, 7) is 4.05. The Hall–Kier alpha value is -2.63. The van der Waals surface area contributed by atoms with Crippen LogP contribution >= 0.6 is 11.6 Å². The number of halogens is 1. The number of aromatic amines is 1. The van der Waals surface area contributed by atoms with Gasteiger partial charge in [0.2, 0.25) is 5.91 Å². The number of pyridine rings is 1. The zero-order chi connectivity index (χ0) is 20.3. The van der Waals surface area contributed by atoms with Crippen molar-refractivity contribution < 1.29 is 9.90 Å². The third-order valence-electron chi connectivity index (χ3n) is 4.75. The number of amides is 1. The quantitative estimate of drug-likeness (QED) is 0.668. The fraction of sp³-hybridized carbons (Fsp3) is 0.273. The molecule has 0 unspecified atom stereocenters. The van der Waals surface area contributed by atoms with E-state index in [1.165, 1.54) is 4.90 Å². The second-order valence-electron chi connectivity index (χ2n) is 6.98. The highest BCUT2D eigenvalue weighted by atomic mass is 35.5. The van der Waals surface area contributed by atoms with Gasteiger partial charge in [0.15, 0.2) is 0 Å². The molecule has 1 aromatic heterocycles. The minimum absolute atomic E-state index is 0.114. The van der Waals surface area contributed by atoms with Gasteiger partial charge in [0.1, 0.15) is 0 Å². The van der Waals surface area contributed by atoms with Crippen LogP contribution in [0.3, 0.4) is 0 Å². The molecule has 2 N–H and O–H groups in total. The molecule has 2 aromatic carbocycles. The number of rotatable bonds is 6. The molecule has 1 heterocycles. The molecule has 3 aromatic rings. The van der Waals surface area contributed by atoms with Crippen molar-refractivity contribution in [2.75, 3.05) is 13.2 Å². The average molecular weight is 399 g/mol. The Bertz CT molecular complexity index is 1080. The van der Waals surface area contributed by atoms with Crippen LogP contribution in [0.1, 0.15) is 22.3 Å². The van der Waals surface area contributed by atoms with Gasteiger partial charge >= 0.3 is 0 Å². The van der Waals surface area contributed by atoms with Gasteiger partial charge in [0, 0.05) is 17.1 Å². The summed E-state index contributed by atoms with van der Waals surface area (Å²) in [5, 5.41) is 10.8. The van der Waals surface area contributed by atoms with Gasteiger partial charge < -0.3 is 15.0 Å². The first-order chi connectivity index (χ1) is 13.4. The van der Waals surface area contributed by atoms with Crippen LogP contribution in [0.5, 0.6) is 0 Å². The number of fused-ring (bicyclic) bond motifs is 1. The van der Waals surface area contributed by atoms with Crippen molar-refractivity contribution in [3.05, 3.63) is 80.1 Å². The molecule has 5 nitrogen and oxygen atoms in total. The maximum absolute atomic E-state index is 12.8. The number of nitrogens with zero attached hydrogens (tertiary/aromatic N) is 1. The van der Waals surface area contributed by atoms with E-state index in [9.17, 15) is 14.7 Å². The molecule has 3 rings (SSSR count). The van der Waals surface area contributed by atoms with Gasteiger partial charge in [-0.15, -0.1) is 0 Å². The molecular formula is C22H23ClN2O3. The Balaban J connectivity index is 1.89. The number of hydrogen-bond donors (Lipinski definition) is 2. The van der Waals surface area contributed by atoms with E-state index in [0.717, 1.165) is 27.6 Å². The smallest absolute Gasteiger partial charge is 0.253 e. The number of aliphatic hydroxyl groups excluding tert-OH is 1. The van der Waals surface area contributed by atoms with E-state index in [4.69, 9.17) is 11.6 Å². The van der Waals surface area contributed by atoms with E-state index in [2.05, 4.69) is 4.98 Å². The number of nitrogens with one attached hydrogen (secondary N) is 1. The van der Waals surface area contributed by atoms with Crippen LogP contribution in [0.15, 0.2) is 47.3 Å². The second-order valence-corrected chi connectivity index (χ2v) is 7.38. The summed E-state index contributed by atoms with van der Waals surface area (Å²) in [5.74, 6) is -0.193. The number of aryl methyl sites for hydroxylation is 2. The topological polar surface area (TPSA) is 73.4 Å². The number of carbonyl (C=O) groups excluding carboxylic acids is 1. The first-order valence-corrected chi connectivity index (χ1v) is 9.52. The predicted molar refractivity (Wildman–Crippen MR) is 112 cm³/mol. The fourth-order valence-electron chi connectivity index (χ4n) is 3.38. The van der Waals surface area contributed by atoms with Crippen LogP contribution in [-0.2, 0) is 17.8 Å². The van der Waals surface area contributed by atoms with Crippen molar-refractivity contribution in [1.29, 1.82) is 0 Å². The lowest BCUT2D eigenvalue weighted by atomic mass is 10.0. The third-order valence-corrected chi connectivity index (χ3v) is 5.12. The Kier molecular flexibility index (Phi) is 6.17. The minimum atomic E-state index is -0.229. The molecule has 0 radical (unpaired) electrons. The van der Waals surface area contributed by atoms with E-state index in [0.29, 0.717) is 10.6 Å². The summed E-state index contributed by atoms with van der Waals surface area (Å²) in [4.78, 5) is 29.8. The maximum Gasteiger partial charge on any atom is 0.253 e. The maximum atomic E-state index is 12.8. The van der Waals surface area contributed by atoms with Crippen LogP contribution in [0.25, 0.3) is 10.9 Å². The predicted octanol–water partition coefficient (Wildman–Crippen LogP) is 3.36. The van der Waals surface area contributed by atoms with Crippen LogP contribution in [-0.4, -0.2) is 34.0 Å². The van der Waals surface area contributed by atoms with Crippen molar-refractivity contribution >= 4 is 28.4 Å².